The van der Waals surface area contributed by atoms with Crippen molar-refractivity contribution in [3.8, 4) is 16.9 Å². The first kappa shape index (κ1) is 18.6. The van der Waals surface area contributed by atoms with Gasteiger partial charge in [-0.3, -0.25) is 0 Å². The highest BCUT2D eigenvalue weighted by molar-refractivity contribution is 5.84. The first-order chi connectivity index (χ1) is 13.4. The second-order valence-corrected chi connectivity index (χ2v) is 7.22. The van der Waals surface area contributed by atoms with E-state index in [2.05, 4.69) is 9.97 Å². The summed E-state index contributed by atoms with van der Waals surface area (Å²) < 4.78 is 46.2. The lowest BCUT2D eigenvalue weighted by Gasteiger charge is -2.26. The summed E-state index contributed by atoms with van der Waals surface area (Å²) in [6, 6.07) is 10.2. The van der Waals surface area contributed by atoms with Crippen molar-refractivity contribution in [3.63, 3.8) is 0 Å². The van der Waals surface area contributed by atoms with Crippen LogP contribution in [0.1, 0.15) is 31.5 Å². The van der Waals surface area contributed by atoms with Crippen molar-refractivity contribution in [1.82, 2.24) is 9.97 Å². The van der Waals surface area contributed by atoms with Gasteiger partial charge in [0.2, 0.25) is 5.92 Å². The SMILES string of the molecule is COc1cccc(F)c1-c1ccc2nc(C=CC3CCC(F)(F)CC3)[nH]c2c1. The van der Waals surface area contributed by atoms with Gasteiger partial charge in [-0.25, -0.2) is 18.2 Å². The Morgan fingerprint density at radius 3 is 2.71 bits per heavy atom. The van der Waals surface area contributed by atoms with Crippen molar-refractivity contribution in [3.05, 3.63) is 54.1 Å². The molecule has 28 heavy (non-hydrogen) atoms. The fourth-order valence-electron chi connectivity index (χ4n) is 3.70. The topological polar surface area (TPSA) is 37.9 Å². The van der Waals surface area contributed by atoms with Crippen molar-refractivity contribution in [2.45, 2.75) is 31.6 Å². The first-order valence-corrected chi connectivity index (χ1v) is 9.34. The van der Waals surface area contributed by atoms with Crippen molar-refractivity contribution in [2.75, 3.05) is 7.11 Å². The number of nitrogens with zero attached hydrogens (tertiary/aromatic N) is 1. The lowest BCUT2D eigenvalue weighted by atomic mass is 9.86. The number of hydrogen-bond donors (Lipinski definition) is 1. The van der Waals surface area contributed by atoms with Crippen LogP contribution in [0.15, 0.2) is 42.5 Å². The van der Waals surface area contributed by atoms with Gasteiger partial charge >= 0.3 is 0 Å². The molecule has 1 aliphatic rings. The maximum Gasteiger partial charge on any atom is 0.248 e. The first-order valence-electron chi connectivity index (χ1n) is 9.34. The maximum atomic E-state index is 14.3. The Labute approximate surface area is 161 Å². The number of allylic oxidation sites excluding steroid dienone is 1. The molecule has 0 bridgehead atoms. The van der Waals surface area contributed by atoms with E-state index in [9.17, 15) is 13.2 Å². The summed E-state index contributed by atoms with van der Waals surface area (Å²) in [6.45, 7) is 0. The van der Waals surface area contributed by atoms with Gasteiger partial charge < -0.3 is 9.72 Å². The fourth-order valence-corrected chi connectivity index (χ4v) is 3.70. The van der Waals surface area contributed by atoms with Crippen LogP contribution in [0.4, 0.5) is 13.2 Å². The van der Waals surface area contributed by atoms with Gasteiger partial charge in [0, 0.05) is 12.8 Å². The van der Waals surface area contributed by atoms with Gasteiger partial charge in [0.15, 0.2) is 0 Å². The van der Waals surface area contributed by atoms with Crippen molar-refractivity contribution in [1.29, 1.82) is 0 Å². The lowest BCUT2D eigenvalue weighted by Crippen LogP contribution is -2.23. The number of nitrogens with one attached hydrogen (secondary N) is 1. The van der Waals surface area contributed by atoms with E-state index in [0.29, 0.717) is 35.5 Å². The van der Waals surface area contributed by atoms with Gasteiger partial charge in [0.25, 0.3) is 0 Å². The summed E-state index contributed by atoms with van der Waals surface area (Å²) in [7, 11) is 1.51. The quantitative estimate of drug-likeness (QED) is 0.578. The molecule has 3 aromatic rings. The van der Waals surface area contributed by atoms with Crippen LogP contribution in [0, 0.1) is 11.7 Å². The molecule has 0 unspecified atom stereocenters. The average Bonchev–Trinajstić information content (AvgIpc) is 3.09. The minimum Gasteiger partial charge on any atom is -0.496 e. The Morgan fingerprint density at radius 2 is 1.96 bits per heavy atom. The lowest BCUT2D eigenvalue weighted by molar-refractivity contribution is -0.0410. The van der Waals surface area contributed by atoms with Crippen LogP contribution < -0.4 is 4.74 Å². The molecular formula is C22H21F3N2O. The Balaban J connectivity index is 1.58. The Hall–Kier alpha value is -2.76. The number of aromatic amines is 1. The van der Waals surface area contributed by atoms with Crippen LogP contribution in [-0.4, -0.2) is 23.0 Å². The number of imidazole rings is 1. The van der Waals surface area contributed by atoms with Crippen molar-refractivity contribution in [2.24, 2.45) is 5.92 Å². The third-order valence-electron chi connectivity index (χ3n) is 5.27. The molecular weight excluding hydrogens is 365 g/mol. The molecule has 4 rings (SSSR count). The van der Waals surface area contributed by atoms with Gasteiger partial charge in [0.05, 0.1) is 23.7 Å². The van der Waals surface area contributed by atoms with E-state index in [1.807, 2.05) is 24.3 Å². The van der Waals surface area contributed by atoms with Crippen LogP contribution in [0.25, 0.3) is 28.2 Å². The summed E-state index contributed by atoms with van der Waals surface area (Å²) >= 11 is 0. The largest absolute Gasteiger partial charge is 0.496 e. The number of rotatable bonds is 4. The molecule has 2 aromatic carbocycles. The van der Waals surface area contributed by atoms with Crippen LogP contribution in [0.2, 0.25) is 0 Å². The van der Waals surface area contributed by atoms with Crippen molar-refractivity contribution < 1.29 is 17.9 Å². The minimum atomic E-state index is -2.52. The molecule has 0 amide bonds. The molecule has 0 saturated heterocycles. The third kappa shape index (κ3) is 3.77. The Kier molecular flexibility index (Phi) is 4.87. The molecule has 1 aliphatic carbocycles. The maximum absolute atomic E-state index is 14.3. The Morgan fingerprint density at radius 1 is 1.18 bits per heavy atom. The van der Waals surface area contributed by atoms with Gasteiger partial charge in [-0.05, 0) is 54.7 Å². The van der Waals surface area contributed by atoms with E-state index in [1.165, 1.54) is 13.2 Å². The third-order valence-corrected chi connectivity index (χ3v) is 5.27. The number of methoxy groups -OCH3 is 1. The highest BCUT2D eigenvalue weighted by Crippen LogP contribution is 2.37. The van der Waals surface area contributed by atoms with Crippen molar-refractivity contribution >= 4 is 17.1 Å². The van der Waals surface area contributed by atoms with E-state index in [0.717, 1.165) is 11.0 Å². The molecule has 1 aromatic heterocycles. The van der Waals surface area contributed by atoms with E-state index < -0.39 is 5.92 Å². The molecule has 6 heteroatoms. The zero-order chi connectivity index (χ0) is 19.7. The van der Waals surface area contributed by atoms with Gasteiger partial charge in [-0.2, -0.15) is 0 Å². The molecule has 0 radical (unpaired) electrons. The highest BCUT2D eigenvalue weighted by atomic mass is 19.3. The van der Waals surface area contributed by atoms with Crippen LogP contribution in [0.3, 0.4) is 0 Å². The monoisotopic (exact) mass is 386 g/mol. The molecule has 0 aliphatic heterocycles. The van der Waals surface area contributed by atoms with E-state index in [1.54, 1.807) is 18.2 Å². The number of fused-ring (bicyclic) bond motifs is 1. The van der Waals surface area contributed by atoms with Crippen LogP contribution in [0.5, 0.6) is 5.75 Å². The van der Waals surface area contributed by atoms with Crippen LogP contribution in [-0.2, 0) is 0 Å². The number of halogens is 3. The van der Waals surface area contributed by atoms with Crippen LogP contribution >= 0.6 is 0 Å². The Bertz CT molecular complexity index is 1020. The second-order valence-electron chi connectivity index (χ2n) is 7.22. The van der Waals surface area contributed by atoms with Gasteiger partial charge in [0.1, 0.15) is 17.4 Å². The molecule has 0 atom stereocenters. The number of ether oxygens (including phenoxy) is 1. The summed E-state index contributed by atoms with van der Waals surface area (Å²) in [5.41, 5.74) is 2.63. The number of benzene rings is 2. The van der Waals surface area contributed by atoms with E-state index >= 15 is 0 Å². The average molecular weight is 386 g/mol. The summed E-state index contributed by atoms with van der Waals surface area (Å²) in [5, 5.41) is 0. The molecule has 1 fully saturated rings. The van der Waals surface area contributed by atoms with E-state index in [-0.39, 0.29) is 24.6 Å². The fraction of sp³-hybridized carbons (Fsp3) is 0.318. The summed E-state index contributed by atoms with van der Waals surface area (Å²) in [6.07, 6.45) is 4.65. The van der Waals surface area contributed by atoms with E-state index in [4.69, 9.17) is 4.74 Å². The standard InChI is InChI=1S/C22H21F3N2O/c1-28-19-4-2-3-16(23)21(19)15-6-7-17-18(13-15)27-20(26-17)8-5-14-9-11-22(24,25)12-10-14/h2-8,13-14H,9-12H2,1H3,(H,26,27). The zero-order valence-corrected chi connectivity index (χ0v) is 15.5. The summed E-state index contributed by atoms with van der Waals surface area (Å²) in [4.78, 5) is 7.72. The predicted octanol–water partition coefficient (Wildman–Crippen LogP) is 6.22. The number of H-pyrrole nitrogens is 1. The predicted molar refractivity (Wildman–Crippen MR) is 104 cm³/mol. The normalized spacial score (nSPS) is 17.4. The molecule has 1 N–H and O–H groups in total. The molecule has 1 heterocycles. The molecule has 3 nitrogen and oxygen atoms in total. The highest BCUT2D eigenvalue weighted by Gasteiger charge is 2.33. The zero-order valence-electron chi connectivity index (χ0n) is 15.5. The number of hydrogen-bond acceptors (Lipinski definition) is 2. The smallest absolute Gasteiger partial charge is 0.248 e. The molecule has 0 spiro atoms. The second kappa shape index (κ2) is 7.34. The summed E-state index contributed by atoms with van der Waals surface area (Å²) in [5.74, 6) is -1.61. The number of alkyl halides is 2. The van der Waals surface area contributed by atoms with Gasteiger partial charge in [-0.1, -0.05) is 18.2 Å². The molecule has 146 valence electrons. The minimum absolute atomic E-state index is 0.0596. The number of aromatic nitrogens is 2. The molecule has 1 saturated carbocycles. The van der Waals surface area contributed by atoms with Gasteiger partial charge in [-0.15, -0.1) is 0 Å².